The van der Waals surface area contributed by atoms with Crippen molar-refractivity contribution in [2.45, 2.75) is 13.0 Å². The third-order valence-electron chi connectivity index (χ3n) is 4.11. The third kappa shape index (κ3) is 2.87. The van der Waals surface area contributed by atoms with Crippen LogP contribution in [-0.2, 0) is 4.74 Å². The van der Waals surface area contributed by atoms with Crippen molar-refractivity contribution in [3.05, 3.63) is 48.5 Å². The molecular weight excluding hydrogens is 290 g/mol. The molecule has 1 atom stereocenters. The lowest BCUT2D eigenvalue weighted by Crippen LogP contribution is -2.43. The largest absolute Gasteiger partial charge is 0.423 e. The van der Waals surface area contributed by atoms with Gasteiger partial charge in [-0.05, 0) is 43.3 Å². The summed E-state index contributed by atoms with van der Waals surface area (Å²) in [6.45, 7) is 4.68. The summed E-state index contributed by atoms with van der Waals surface area (Å²) in [5, 5.41) is 3.21. The summed E-state index contributed by atoms with van der Waals surface area (Å²) < 4.78 is 11.2. The lowest BCUT2D eigenvalue weighted by atomic mass is 10.2. The van der Waals surface area contributed by atoms with Crippen LogP contribution in [0.2, 0.25) is 0 Å². The Balaban J connectivity index is 1.51. The molecule has 1 saturated heterocycles. The van der Waals surface area contributed by atoms with E-state index in [1.807, 2.05) is 36.4 Å². The van der Waals surface area contributed by atoms with Gasteiger partial charge in [0.2, 0.25) is 0 Å². The van der Waals surface area contributed by atoms with Crippen LogP contribution in [0.4, 0.5) is 17.4 Å². The fourth-order valence-corrected chi connectivity index (χ4v) is 2.90. The van der Waals surface area contributed by atoms with E-state index in [0.29, 0.717) is 12.1 Å². The number of nitrogens with zero attached hydrogens (tertiary/aromatic N) is 2. The molecule has 5 nitrogen and oxygen atoms in total. The molecule has 0 radical (unpaired) electrons. The Morgan fingerprint density at radius 1 is 1.13 bits per heavy atom. The molecule has 2 aromatic carbocycles. The van der Waals surface area contributed by atoms with Gasteiger partial charge in [-0.15, -0.1) is 0 Å². The van der Waals surface area contributed by atoms with E-state index in [0.717, 1.165) is 36.5 Å². The van der Waals surface area contributed by atoms with E-state index in [2.05, 4.69) is 34.3 Å². The van der Waals surface area contributed by atoms with Gasteiger partial charge in [0.15, 0.2) is 5.58 Å². The van der Waals surface area contributed by atoms with Crippen molar-refractivity contribution in [2.75, 3.05) is 30.0 Å². The average molecular weight is 309 g/mol. The fraction of sp³-hybridized carbons (Fsp3) is 0.278. The van der Waals surface area contributed by atoms with Crippen LogP contribution in [-0.4, -0.2) is 30.8 Å². The minimum Gasteiger partial charge on any atom is -0.423 e. The fourth-order valence-electron chi connectivity index (χ4n) is 2.90. The maximum Gasteiger partial charge on any atom is 0.300 e. The second kappa shape index (κ2) is 5.93. The molecular formula is C18H19N3O2. The van der Waals surface area contributed by atoms with Crippen LogP contribution in [0.1, 0.15) is 6.92 Å². The first-order valence-corrected chi connectivity index (χ1v) is 7.87. The highest BCUT2D eigenvalue weighted by molar-refractivity contribution is 5.75. The zero-order valence-electron chi connectivity index (χ0n) is 13.0. The predicted octanol–water partition coefficient (Wildman–Crippen LogP) is 3.80. The lowest BCUT2D eigenvalue weighted by Gasteiger charge is -2.35. The molecule has 5 heteroatoms. The molecule has 2 heterocycles. The number of hydrogen-bond donors (Lipinski definition) is 1. The molecule has 1 aliphatic heterocycles. The second-order valence-electron chi connectivity index (χ2n) is 5.78. The Morgan fingerprint density at radius 3 is 2.74 bits per heavy atom. The van der Waals surface area contributed by atoms with Crippen LogP contribution in [0.5, 0.6) is 0 Å². The zero-order chi connectivity index (χ0) is 15.6. The van der Waals surface area contributed by atoms with Gasteiger partial charge in [0.05, 0.1) is 13.2 Å². The summed E-state index contributed by atoms with van der Waals surface area (Å²) in [4.78, 5) is 6.80. The van der Waals surface area contributed by atoms with Crippen molar-refractivity contribution in [3.63, 3.8) is 0 Å². The monoisotopic (exact) mass is 309 g/mol. The van der Waals surface area contributed by atoms with Crippen LogP contribution < -0.4 is 10.2 Å². The van der Waals surface area contributed by atoms with Crippen LogP contribution in [0.15, 0.2) is 52.9 Å². The van der Waals surface area contributed by atoms with Crippen molar-refractivity contribution in [3.8, 4) is 0 Å². The number of benzene rings is 2. The number of rotatable bonds is 3. The minimum absolute atomic E-state index is 0.402. The topological polar surface area (TPSA) is 50.5 Å². The Morgan fingerprint density at radius 2 is 1.96 bits per heavy atom. The molecule has 23 heavy (non-hydrogen) atoms. The van der Waals surface area contributed by atoms with E-state index in [9.17, 15) is 0 Å². The van der Waals surface area contributed by atoms with Gasteiger partial charge in [-0.2, -0.15) is 4.98 Å². The first-order valence-electron chi connectivity index (χ1n) is 7.87. The number of nitrogens with one attached hydrogen (secondary N) is 1. The summed E-state index contributed by atoms with van der Waals surface area (Å²) >= 11 is 0. The predicted molar refractivity (Wildman–Crippen MR) is 91.4 cm³/mol. The third-order valence-corrected chi connectivity index (χ3v) is 4.11. The number of oxazole rings is 1. The summed E-state index contributed by atoms with van der Waals surface area (Å²) in [7, 11) is 0. The quantitative estimate of drug-likeness (QED) is 0.797. The van der Waals surface area contributed by atoms with Gasteiger partial charge in [-0.25, -0.2) is 0 Å². The minimum atomic E-state index is 0.402. The highest BCUT2D eigenvalue weighted by Crippen LogP contribution is 2.25. The highest BCUT2D eigenvalue weighted by atomic mass is 16.5. The smallest absolute Gasteiger partial charge is 0.300 e. The number of fused-ring (bicyclic) bond motifs is 1. The number of aromatic nitrogens is 1. The van der Waals surface area contributed by atoms with Crippen molar-refractivity contribution in [2.24, 2.45) is 0 Å². The molecule has 1 N–H and O–H groups in total. The SMILES string of the molecule is CC1COCCN1c1ccc(Nc2nc3ccccc3o2)cc1. The molecule has 3 aromatic rings. The van der Waals surface area contributed by atoms with Gasteiger partial charge in [-0.1, -0.05) is 12.1 Å². The Labute approximate surface area is 134 Å². The van der Waals surface area contributed by atoms with Crippen molar-refractivity contribution >= 4 is 28.5 Å². The van der Waals surface area contributed by atoms with E-state index < -0.39 is 0 Å². The lowest BCUT2D eigenvalue weighted by molar-refractivity contribution is 0.0989. The molecule has 4 rings (SSSR count). The van der Waals surface area contributed by atoms with Crippen LogP contribution >= 0.6 is 0 Å². The number of ether oxygens (including phenoxy) is 1. The number of anilines is 3. The van der Waals surface area contributed by atoms with Crippen molar-refractivity contribution in [1.29, 1.82) is 0 Å². The molecule has 118 valence electrons. The van der Waals surface area contributed by atoms with Crippen LogP contribution in [0.25, 0.3) is 11.1 Å². The zero-order valence-corrected chi connectivity index (χ0v) is 13.0. The maximum absolute atomic E-state index is 5.69. The maximum atomic E-state index is 5.69. The van der Waals surface area contributed by atoms with Crippen molar-refractivity contribution in [1.82, 2.24) is 4.98 Å². The van der Waals surface area contributed by atoms with Gasteiger partial charge in [0.1, 0.15) is 5.52 Å². The van der Waals surface area contributed by atoms with Crippen LogP contribution in [0.3, 0.4) is 0 Å². The standard InChI is InChI=1S/C18H19N3O2/c1-13-12-22-11-10-21(13)15-8-6-14(7-9-15)19-18-20-16-4-2-3-5-17(16)23-18/h2-9,13H,10-12H2,1H3,(H,19,20). The summed E-state index contributed by atoms with van der Waals surface area (Å²) in [5.41, 5.74) is 3.81. The molecule has 0 spiro atoms. The second-order valence-corrected chi connectivity index (χ2v) is 5.78. The molecule has 1 fully saturated rings. The molecule has 0 aliphatic carbocycles. The van der Waals surface area contributed by atoms with E-state index in [1.54, 1.807) is 0 Å². The molecule has 0 bridgehead atoms. The van der Waals surface area contributed by atoms with Crippen molar-refractivity contribution < 1.29 is 9.15 Å². The van der Waals surface area contributed by atoms with E-state index in [1.165, 1.54) is 5.69 Å². The normalized spacial score (nSPS) is 18.3. The molecule has 0 amide bonds. The van der Waals surface area contributed by atoms with E-state index >= 15 is 0 Å². The summed E-state index contributed by atoms with van der Waals surface area (Å²) in [5.74, 6) is 0. The Kier molecular flexibility index (Phi) is 3.63. The molecule has 1 unspecified atom stereocenters. The highest BCUT2D eigenvalue weighted by Gasteiger charge is 2.18. The van der Waals surface area contributed by atoms with Gasteiger partial charge in [-0.3, -0.25) is 0 Å². The first kappa shape index (κ1) is 14.1. The summed E-state index contributed by atoms with van der Waals surface area (Å²) in [6, 6.07) is 17.0. The molecule has 1 aromatic heterocycles. The molecule has 1 aliphatic rings. The van der Waals surface area contributed by atoms with Gasteiger partial charge in [0, 0.05) is 24.0 Å². The van der Waals surface area contributed by atoms with E-state index in [4.69, 9.17) is 9.15 Å². The summed E-state index contributed by atoms with van der Waals surface area (Å²) in [6.07, 6.45) is 0. The molecule has 0 saturated carbocycles. The Hall–Kier alpha value is -2.53. The van der Waals surface area contributed by atoms with Gasteiger partial charge < -0.3 is 19.4 Å². The average Bonchev–Trinajstić information content (AvgIpc) is 2.98. The van der Waals surface area contributed by atoms with E-state index in [-0.39, 0.29) is 0 Å². The first-order chi connectivity index (χ1) is 11.3. The number of para-hydroxylation sites is 2. The van der Waals surface area contributed by atoms with Gasteiger partial charge >= 0.3 is 0 Å². The Bertz CT molecular complexity index is 764. The number of hydrogen-bond acceptors (Lipinski definition) is 5. The van der Waals surface area contributed by atoms with Gasteiger partial charge in [0.25, 0.3) is 6.01 Å². The number of morpholine rings is 1. The van der Waals surface area contributed by atoms with Crippen LogP contribution in [0, 0.1) is 0 Å².